The molecule has 0 radical (unpaired) electrons. The third-order valence-electron chi connectivity index (χ3n) is 4.38. The summed E-state index contributed by atoms with van der Waals surface area (Å²) in [6.45, 7) is 2.99. The Labute approximate surface area is 123 Å². The number of hydrogen-bond donors (Lipinski definition) is 2. The number of amides is 2. The van der Waals surface area contributed by atoms with E-state index in [9.17, 15) is 4.79 Å². The van der Waals surface area contributed by atoms with Crippen molar-refractivity contribution in [3.63, 3.8) is 0 Å². The molecule has 1 aliphatic carbocycles. The van der Waals surface area contributed by atoms with Gasteiger partial charge in [-0.1, -0.05) is 18.0 Å². The Bertz CT molecular complexity index is 491. The van der Waals surface area contributed by atoms with Crippen molar-refractivity contribution in [1.29, 1.82) is 0 Å². The number of carbonyl (C=O) groups excluding carboxylic acids is 1. The van der Waals surface area contributed by atoms with Gasteiger partial charge in [0.25, 0.3) is 0 Å². The molecule has 3 rings (SSSR count). The molecular formula is C14H22N4O3. The fourth-order valence-corrected chi connectivity index (χ4v) is 3.35. The molecule has 1 saturated carbocycles. The summed E-state index contributed by atoms with van der Waals surface area (Å²) in [5.41, 5.74) is -0.110. The summed E-state index contributed by atoms with van der Waals surface area (Å²) in [6, 6.07) is -0.0151. The van der Waals surface area contributed by atoms with Gasteiger partial charge in [0.05, 0.1) is 11.6 Å². The van der Waals surface area contributed by atoms with Crippen molar-refractivity contribution in [3.8, 4) is 0 Å². The quantitative estimate of drug-likeness (QED) is 0.874. The first-order valence-corrected chi connectivity index (χ1v) is 7.65. The van der Waals surface area contributed by atoms with Crippen LogP contribution in [-0.4, -0.2) is 41.0 Å². The van der Waals surface area contributed by atoms with Gasteiger partial charge in [0, 0.05) is 19.6 Å². The molecule has 1 saturated heterocycles. The maximum atomic E-state index is 12.0. The minimum Gasteiger partial charge on any atom is -0.373 e. The lowest BCUT2D eigenvalue weighted by Gasteiger charge is -2.30. The number of aryl methyl sites for hydroxylation is 1. The van der Waals surface area contributed by atoms with Crippen LogP contribution in [0.1, 0.15) is 43.8 Å². The van der Waals surface area contributed by atoms with E-state index in [4.69, 9.17) is 9.26 Å². The number of carbonyl (C=O) groups is 1. The predicted octanol–water partition coefficient (Wildman–Crippen LogP) is 1.32. The van der Waals surface area contributed by atoms with Gasteiger partial charge in [0.2, 0.25) is 5.89 Å². The molecule has 1 spiro atoms. The smallest absolute Gasteiger partial charge is 0.315 e. The average molecular weight is 294 g/mol. The lowest BCUT2D eigenvalue weighted by molar-refractivity contribution is -0.00259. The molecule has 2 fully saturated rings. The minimum absolute atomic E-state index is 0.110. The second-order valence-corrected chi connectivity index (χ2v) is 5.85. The molecule has 7 heteroatoms. The Hall–Kier alpha value is -1.63. The van der Waals surface area contributed by atoms with Gasteiger partial charge in [0.15, 0.2) is 5.82 Å². The molecule has 2 heterocycles. The zero-order chi connectivity index (χ0) is 14.7. The van der Waals surface area contributed by atoms with E-state index in [-0.39, 0.29) is 17.7 Å². The number of ether oxygens (including phenoxy) is 1. The fraction of sp³-hybridized carbons (Fsp3) is 0.786. The van der Waals surface area contributed by atoms with Crippen LogP contribution in [-0.2, 0) is 11.2 Å². The van der Waals surface area contributed by atoms with Crippen molar-refractivity contribution in [2.75, 3.05) is 13.2 Å². The van der Waals surface area contributed by atoms with Crippen molar-refractivity contribution >= 4 is 6.03 Å². The highest BCUT2D eigenvalue weighted by atomic mass is 16.5. The topological polar surface area (TPSA) is 89.3 Å². The van der Waals surface area contributed by atoms with E-state index >= 15 is 0 Å². The average Bonchev–Trinajstić information content (AvgIpc) is 3.16. The van der Waals surface area contributed by atoms with Crippen LogP contribution >= 0.6 is 0 Å². The van der Waals surface area contributed by atoms with E-state index in [2.05, 4.69) is 20.8 Å². The Balaban J connectivity index is 1.43. The Morgan fingerprint density at radius 3 is 2.95 bits per heavy atom. The van der Waals surface area contributed by atoms with Crippen LogP contribution in [0.3, 0.4) is 0 Å². The summed E-state index contributed by atoms with van der Waals surface area (Å²) in [7, 11) is 0. The monoisotopic (exact) mass is 294 g/mol. The van der Waals surface area contributed by atoms with Gasteiger partial charge in [-0.05, 0) is 26.2 Å². The van der Waals surface area contributed by atoms with Gasteiger partial charge in [0.1, 0.15) is 0 Å². The Morgan fingerprint density at radius 1 is 1.43 bits per heavy atom. The molecule has 21 heavy (non-hydrogen) atoms. The largest absolute Gasteiger partial charge is 0.373 e. The summed E-state index contributed by atoms with van der Waals surface area (Å²) in [4.78, 5) is 16.1. The lowest BCUT2D eigenvalue weighted by Crippen LogP contribution is -2.51. The van der Waals surface area contributed by atoms with Gasteiger partial charge in [-0.2, -0.15) is 4.98 Å². The molecule has 0 aromatic carbocycles. The van der Waals surface area contributed by atoms with Gasteiger partial charge in [-0.3, -0.25) is 0 Å². The first-order chi connectivity index (χ1) is 10.2. The molecule has 7 nitrogen and oxygen atoms in total. The highest BCUT2D eigenvalue weighted by Gasteiger charge is 2.46. The third-order valence-corrected chi connectivity index (χ3v) is 4.38. The Kier molecular flexibility index (Phi) is 4.10. The van der Waals surface area contributed by atoms with E-state index in [0.29, 0.717) is 24.7 Å². The molecule has 1 aliphatic heterocycles. The molecule has 1 aromatic rings. The maximum Gasteiger partial charge on any atom is 0.315 e. The SMILES string of the molecule is Cc1noc(CCNC(=O)NC2CCOC23CCCC3)n1. The van der Waals surface area contributed by atoms with Gasteiger partial charge in [-0.25, -0.2) is 4.79 Å². The second-order valence-electron chi connectivity index (χ2n) is 5.85. The summed E-state index contributed by atoms with van der Waals surface area (Å²) in [5.74, 6) is 1.16. The fourth-order valence-electron chi connectivity index (χ4n) is 3.35. The highest BCUT2D eigenvalue weighted by molar-refractivity contribution is 5.74. The number of nitrogens with zero attached hydrogens (tertiary/aromatic N) is 2. The molecule has 2 amide bonds. The summed E-state index contributed by atoms with van der Waals surface area (Å²) < 4.78 is 10.9. The first-order valence-electron chi connectivity index (χ1n) is 7.65. The van der Waals surface area contributed by atoms with Crippen molar-refractivity contribution in [1.82, 2.24) is 20.8 Å². The predicted molar refractivity (Wildman–Crippen MR) is 74.8 cm³/mol. The van der Waals surface area contributed by atoms with Crippen LogP contribution in [0.5, 0.6) is 0 Å². The molecule has 116 valence electrons. The van der Waals surface area contributed by atoms with E-state index in [1.54, 1.807) is 6.92 Å². The van der Waals surface area contributed by atoms with E-state index in [1.807, 2.05) is 0 Å². The van der Waals surface area contributed by atoms with Gasteiger partial charge in [-0.15, -0.1) is 0 Å². The van der Waals surface area contributed by atoms with Gasteiger partial charge < -0.3 is 19.9 Å². The summed E-state index contributed by atoms with van der Waals surface area (Å²) in [5, 5.41) is 9.62. The van der Waals surface area contributed by atoms with Gasteiger partial charge >= 0.3 is 6.03 Å². The maximum absolute atomic E-state index is 12.0. The number of aromatic nitrogens is 2. The molecule has 0 bridgehead atoms. The molecule has 2 N–H and O–H groups in total. The molecule has 1 atom stereocenters. The van der Waals surface area contributed by atoms with Crippen LogP contribution < -0.4 is 10.6 Å². The van der Waals surface area contributed by atoms with Crippen LogP contribution in [0.25, 0.3) is 0 Å². The third kappa shape index (κ3) is 3.18. The summed E-state index contributed by atoms with van der Waals surface area (Å²) >= 11 is 0. The minimum atomic E-state index is -0.145. The molecule has 1 unspecified atom stereocenters. The van der Waals surface area contributed by atoms with Crippen LogP contribution in [0.2, 0.25) is 0 Å². The van der Waals surface area contributed by atoms with Crippen molar-refractivity contribution in [3.05, 3.63) is 11.7 Å². The van der Waals surface area contributed by atoms with Crippen LogP contribution in [0.4, 0.5) is 4.79 Å². The van der Waals surface area contributed by atoms with Crippen molar-refractivity contribution in [2.24, 2.45) is 0 Å². The van der Waals surface area contributed by atoms with Crippen molar-refractivity contribution < 1.29 is 14.1 Å². The number of nitrogens with one attached hydrogen (secondary N) is 2. The normalized spacial score (nSPS) is 23.6. The first kappa shape index (κ1) is 14.3. The number of rotatable bonds is 4. The van der Waals surface area contributed by atoms with Crippen LogP contribution in [0, 0.1) is 6.92 Å². The number of urea groups is 1. The van der Waals surface area contributed by atoms with E-state index in [0.717, 1.165) is 25.9 Å². The molecule has 2 aliphatic rings. The standard InChI is InChI=1S/C14H22N4O3/c1-10-16-12(21-18-10)4-8-15-13(19)17-11-5-9-20-14(11)6-2-3-7-14/h11H,2-9H2,1H3,(H2,15,17,19). The summed E-state index contributed by atoms with van der Waals surface area (Å²) in [6.07, 6.45) is 5.93. The zero-order valence-corrected chi connectivity index (χ0v) is 12.4. The lowest BCUT2D eigenvalue weighted by atomic mass is 9.93. The van der Waals surface area contributed by atoms with Crippen molar-refractivity contribution in [2.45, 2.75) is 57.1 Å². The Morgan fingerprint density at radius 2 is 2.24 bits per heavy atom. The van der Waals surface area contributed by atoms with E-state index < -0.39 is 0 Å². The zero-order valence-electron chi connectivity index (χ0n) is 12.4. The van der Waals surface area contributed by atoms with E-state index in [1.165, 1.54) is 12.8 Å². The highest BCUT2D eigenvalue weighted by Crippen LogP contribution is 2.40. The second kappa shape index (κ2) is 6.01. The molecule has 1 aromatic heterocycles. The van der Waals surface area contributed by atoms with Crippen LogP contribution in [0.15, 0.2) is 4.52 Å². The number of hydrogen-bond acceptors (Lipinski definition) is 5. The molecular weight excluding hydrogens is 272 g/mol.